The number of halogens is 6. The molecule has 1 aromatic rings. The summed E-state index contributed by atoms with van der Waals surface area (Å²) in [6.07, 6.45) is 2.34. The van der Waals surface area contributed by atoms with E-state index in [2.05, 4.69) is 45.5 Å². The van der Waals surface area contributed by atoms with Crippen LogP contribution in [-0.2, 0) is 12.4 Å². The molecule has 0 saturated carbocycles. The van der Waals surface area contributed by atoms with Crippen LogP contribution in [0.2, 0.25) is 0 Å². The molecule has 1 nitrogen and oxygen atoms in total. The van der Waals surface area contributed by atoms with Crippen LogP contribution >= 0.6 is 0 Å². The highest BCUT2D eigenvalue weighted by atomic mass is 19.4. The summed E-state index contributed by atoms with van der Waals surface area (Å²) in [5.74, 6) is 0. The number of benzene rings is 1. The Morgan fingerprint density at radius 3 is 1.64 bits per heavy atom. The molecule has 0 bridgehead atoms. The van der Waals surface area contributed by atoms with E-state index in [1.54, 1.807) is 0 Å². The molecule has 1 aromatic carbocycles. The lowest BCUT2D eigenvalue weighted by molar-refractivity contribution is -0.143. The zero-order valence-electron chi connectivity index (χ0n) is 16.8. The first-order valence-electron chi connectivity index (χ1n) is 8.81. The quantitative estimate of drug-likeness (QED) is 0.299. The van der Waals surface area contributed by atoms with Crippen LogP contribution in [0.15, 0.2) is 30.4 Å². The normalized spacial score (nSPS) is 15.8. The molecular weight excluding hydrogens is 380 g/mol. The molecule has 1 unspecified atom stereocenters. The van der Waals surface area contributed by atoms with Gasteiger partial charge in [-0.1, -0.05) is 32.4 Å². The van der Waals surface area contributed by atoms with Crippen LogP contribution < -0.4 is 5.32 Å². The summed E-state index contributed by atoms with van der Waals surface area (Å²) in [6.45, 7) is 12.6. The molecule has 1 aliphatic heterocycles. The fourth-order valence-electron chi connectivity index (χ4n) is 2.22. The number of rotatable bonds is 1. The van der Waals surface area contributed by atoms with Crippen LogP contribution in [0.25, 0.3) is 0 Å². The predicted octanol–water partition coefficient (Wildman–Crippen LogP) is 7.01. The van der Waals surface area contributed by atoms with Crippen LogP contribution in [0.5, 0.6) is 0 Å². The summed E-state index contributed by atoms with van der Waals surface area (Å²) in [7, 11) is 0. The molecule has 2 rings (SSSR count). The van der Waals surface area contributed by atoms with Gasteiger partial charge in [0.15, 0.2) is 0 Å². The third kappa shape index (κ3) is 11.7. The maximum absolute atomic E-state index is 12.2. The van der Waals surface area contributed by atoms with Gasteiger partial charge in [-0.05, 0) is 57.0 Å². The second-order valence-corrected chi connectivity index (χ2v) is 6.29. The average Bonchev–Trinajstić information content (AvgIpc) is 3.11. The lowest BCUT2D eigenvalue weighted by Gasteiger charge is -2.12. The Balaban J connectivity index is 0. The lowest BCUT2D eigenvalue weighted by Crippen LogP contribution is -2.21. The van der Waals surface area contributed by atoms with Crippen molar-refractivity contribution in [2.24, 2.45) is 0 Å². The zero-order valence-corrected chi connectivity index (χ0v) is 16.8. The third-order valence-corrected chi connectivity index (χ3v) is 3.39. The second-order valence-electron chi connectivity index (χ2n) is 6.29. The van der Waals surface area contributed by atoms with Gasteiger partial charge in [-0.2, -0.15) is 26.3 Å². The summed E-state index contributed by atoms with van der Waals surface area (Å²) < 4.78 is 73.0. The minimum atomic E-state index is -4.76. The van der Waals surface area contributed by atoms with Gasteiger partial charge in [-0.25, -0.2) is 0 Å². The van der Waals surface area contributed by atoms with Gasteiger partial charge in [0, 0.05) is 6.04 Å². The van der Waals surface area contributed by atoms with E-state index in [9.17, 15) is 26.3 Å². The van der Waals surface area contributed by atoms with E-state index in [0.717, 1.165) is 0 Å². The Hall–Kier alpha value is -1.94. The largest absolute Gasteiger partial charge is 0.416 e. The van der Waals surface area contributed by atoms with Crippen molar-refractivity contribution in [2.45, 2.75) is 65.4 Å². The first kappa shape index (κ1) is 28.3. The van der Waals surface area contributed by atoms with E-state index < -0.39 is 23.5 Å². The van der Waals surface area contributed by atoms with Crippen molar-refractivity contribution >= 4 is 0 Å². The Kier molecular flexibility index (Phi) is 13.4. The van der Waals surface area contributed by atoms with Crippen LogP contribution in [0.1, 0.15) is 56.7 Å². The SMILES string of the molecule is C#C.C=C(C)C1CCCN1.CCC.Cc1cc(C(F)(F)F)cc(C(F)(F)F)c1. The van der Waals surface area contributed by atoms with Gasteiger partial charge in [0.2, 0.25) is 0 Å². The summed E-state index contributed by atoms with van der Waals surface area (Å²) in [5.41, 5.74) is -1.36. The third-order valence-electron chi connectivity index (χ3n) is 3.39. The molecule has 1 saturated heterocycles. The highest BCUT2D eigenvalue weighted by Gasteiger charge is 2.36. The van der Waals surface area contributed by atoms with Crippen molar-refractivity contribution in [3.05, 3.63) is 47.0 Å². The summed E-state index contributed by atoms with van der Waals surface area (Å²) in [5, 5.41) is 3.36. The molecule has 7 heteroatoms. The highest BCUT2D eigenvalue weighted by molar-refractivity contribution is 5.32. The van der Waals surface area contributed by atoms with Crippen LogP contribution in [-0.4, -0.2) is 12.6 Å². The molecule has 0 aromatic heterocycles. The first-order valence-corrected chi connectivity index (χ1v) is 8.81. The maximum atomic E-state index is 12.2. The molecule has 160 valence electrons. The monoisotopic (exact) mass is 409 g/mol. The number of hydrogen-bond donors (Lipinski definition) is 1. The minimum Gasteiger partial charge on any atom is -0.310 e. The standard InChI is InChI=1S/C9H6F6.C7H13N.C3H8.C2H2/c1-5-2-6(8(10,11)12)4-7(3-5)9(13,14)15;1-6(2)7-4-3-5-8-7;1-3-2;1-2/h2-4H,1H3;7-8H,1,3-5H2,2H3;3H2,1-2H3;1-2H. The summed E-state index contributed by atoms with van der Waals surface area (Å²) >= 11 is 0. The number of hydrogen-bond acceptors (Lipinski definition) is 1. The molecule has 28 heavy (non-hydrogen) atoms. The summed E-state index contributed by atoms with van der Waals surface area (Å²) in [6, 6.07) is 2.08. The van der Waals surface area contributed by atoms with E-state index in [4.69, 9.17) is 0 Å². The van der Waals surface area contributed by atoms with Crippen molar-refractivity contribution in [2.75, 3.05) is 6.54 Å². The Labute approximate surface area is 164 Å². The minimum absolute atomic E-state index is 0.0721. The van der Waals surface area contributed by atoms with E-state index in [1.165, 1.54) is 38.3 Å². The number of aryl methyl sites for hydroxylation is 1. The Morgan fingerprint density at radius 1 is 1.04 bits per heavy atom. The smallest absolute Gasteiger partial charge is 0.310 e. The van der Waals surface area contributed by atoms with Crippen molar-refractivity contribution in [3.63, 3.8) is 0 Å². The van der Waals surface area contributed by atoms with Crippen molar-refractivity contribution in [1.82, 2.24) is 5.32 Å². The van der Waals surface area contributed by atoms with Gasteiger partial charge in [-0.3, -0.25) is 0 Å². The van der Waals surface area contributed by atoms with Crippen LogP contribution in [0.4, 0.5) is 26.3 Å². The molecule has 0 radical (unpaired) electrons. The number of alkyl halides is 6. The molecule has 0 amide bonds. The fraction of sp³-hybridized carbons (Fsp3) is 0.524. The second kappa shape index (κ2) is 13.3. The van der Waals surface area contributed by atoms with E-state index in [1.807, 2.05) is 0 Å². The fourth-order valence-corrected chi connectivity index (χ4v) is 2.22. The Bertz CT molecular complexity index is 561. The van der Waals surface area contributed by atoms with Gasteiger partial charge >= 0.3 is 12.4 Å². The molecule has 1 fully saturated rings. The number of terminal acetylenes is 1. The zero-order chi connectivity index (χ0) is 22.5. The Morgan fingerprint density at radius 2 is 1.43 bits per heavy atom. The molecule has 1 atom stereocenters. The van der Waals surface area contributed by atoms with E-state index in [-0.39, 0.29) is 11.6 Å². The van der Waals surface area contributed by atoms with E-state index >= 15 is 0 Å². The topological polar surface area (TPSA) is 12.0 Å². The molecule has 1 aliphatic rings. The van der Waals surface area contributed by atoms with Crippen LogP contribution in [0, 0.1) is 19.8 Å². The van der Waals surface area contributed by atoms with Crippen LogP contribution in [0.3, 0.4) is 0 Å². The van der Waals surface area contributed by atoms with Gasteiger partial charge in [0.05, 0.1) is 11.1 Å². The highest BCUT2D eigenvalue weighted by Crippen LogP contribution is 2.36. The van der Waals surface area contributed by atoms with E-state index in [0.29, 0.717) is 18.2 Å². The number of nitrogens with one attached hydrogen (secondary N) is 1. The molecule has 0 aliphatic carbocycles. The maximum Gasteiger partial charge on any atom is 0.416 e. The molecule has 0 spiro atoms. The average molecular weight is 409 g/mol. The van der Waals surface area contributed by atoms with Crippen molar-refractivity contribution < 1.29 is 26.3 Å². The summed E-state index contributed by atoms with van der Waals surface area (Å²) in [4.78, 5) is 0. The molecular formula is C21H29F6N. The first-order chi connectivity index (χ1) is 12.8. The molecule has 1 N–H and O–H groups in total. The van der Waals surface area contributed by atoms with Crippen molar-refractivity contribution in [3.8, 4) is 12.8 Å². The molecule has 1 heterocycles. The lowest BCUT2D eigenvalue weighted by atomic mass is 10.1. The van der Waals surface area contributed by atoms with Gasteiger partial charge in [0.25, 0.3) is 0 Å². The van der Waals surface area contributed by atoms with Gasteiger partial charge in [-0.15, -0.1) is 12.8 Å². The van der Waals surface area contributed by atoms with Gasteiger partial charge in [0.1, 0.15) is 0 Å². The predicted molar refractivity (Wildman–Crippen MR) is 103 cm³/mol. The van der Waals surface area contributed by atoms with Gasteiger partial charge < -0.3 is 5.32 Å². The van der Waals surface area contributed by atoms with Crippen molar-refractivity contribution in [1.29, 1.82) is 0 Å².